The van der Waals surface area contributed by atoms with E-state index in [-0.39, 0.29) is 0 Å². The standard InChI is InChI=1S/C11H20/c1-9(2)11-7-5-4-6-10(3)8-11/h9,11H,3-8H2,1-2H3. The second-order valence-electron chi connectivity index (χ2n) is 4.20. The first-order valence-electron chi connectivity index (χ1n) is 4.87. The van der Waals surface area contributed by atoms with Crippen molar-refractivity contribution in [3.63, 3.8) is 0 Å². The van der Waals surface area contributed by atoms with Gasteiger partial charge in [0.15, 0.2) is 0 Å². The van der Waals surface area contributed by atoms with Crippen molar-refractivity contribution in [1.29, 1.82) is 0 Å². The molecule has 0 aromatic rings. The minimum Gasteiger partial charge on any atom is -0.0999 e. The molecule has 0 N–H and O–H groups in total. The monoisotopic (exact) mass is 152 g/mol. The maximum atomic E-state index is 4.11. The Kier molecular flexibility index (Phi) is 3.16. The number of hydrogen-bond donors (Lipinski definition) is 0. The summed E-state index contributed by atoms with van der Waals surface area (Å²) in [5.74, 6) is 1.77. The van der Waals surface area contributed by atoms with E-state index in [0.29, 0.717) is 0 Å². The smallest absolute Gasteiger partial charge is 0.0292 e. The Labute approximate surface area is 70.7 Å². The van der Waals surface area contributed by atoms with Crippen molar-refractivity contribution in [2.45, 2.75) is 46.0 Å². The highest BCUT2D eigenvalue weighted by Gasteiger charge is 2.16. The Bertz CT molecular complexity index is 133. The minimum atomic E-state index is 0.852. The maximum Gasteiger partial charge on any atom is -0.0292 e. The first-order valence-corrected chi connectivity index (χ1v) is 4.87. The second-order valence-corrected chi connectivity index (χ2v) is 4.20. The van der Waals surface area contributed by atoms with Crippen LogP contribution in [0.25, 0.3) is 0 Å². The lowest BCUT2D eigenvalue weighted by Gasteiger charge is -2.18. The van der Waals surface area contributed by atoms with Gasteiger partial charge in [-0.3, -0.25) is 0 Å². The van der Waals surface area contributed by atoms with Crippen molar-refractivity contribution in [2.24, 2.45) is 11.8 Å². The average molecular weight is 152 g/mol. The van der Waals surface area contributed by atoms with E-state index in [0.717, 1.165) is 11.8 Å². The molecule has 1 aliphatic carbocycles. The van der Waals surface area contributed by atoms with Crippen LogP contribution >= 0.6 is 0 Å². The third-order valence-corrected chi connectivity index (χ3v) is 2.85. The highest BCUT2D eigenvalue weighted by Crippen LogP contribution is 2.30. The largest absolute Gasteiger partial charge is 0.0999 e. The van der Waals surface area contributed by atoms with E-state index in [1.807, 2.05) is 0 Å². The molecule has 0 nitrogen and oxygen atoms in total. The molecule has 0 aromatic carbocycles. The van der Waals surface area contributed by atoms with E-state index in [4.69, 9.17) is 0 Å². The summed E-state index contributed by atoms with van der Waals surface area (Å²) < 4.78 is 0. The molecule has 0 aliphatic heterocycles. The van der Waals surface area contributed by atoms with Crippen molar-refractivity contribution < 1.29 is 0 Å². The van der Waals surface area contributed by atoms with Gasteiger partial charge in [-0.15, -0.1) is 0 Å². The van der Waals surface area contributed by atoms with Crippen LogP contribution in [-0.2, 0) is 0 Å². The molecular weight excluding hydrogens is 132 g/mol. The van der Waals surface area contributed by atoms with Gasteiger partial charge in [-0.2, -0.15) is 0 Å². The number of hydrogen-bond acceptors (Lipinski definition) is 0. The summed E-state index contributed by atoms with van der Waals surface area (Å²) in [5.41, 5.74) is 1.49. The lowest BCUT2D eigenvalue weighted by molar-refractivity contribution is 0.360. The zero-order valence-corrected chi connectivity index (χ0v) is 7.90. The zero-order valence-electron chi connectivity index (χ0n) is 7.90. The fourth-order valence-electron chi connectivity index (χ4n) is 1.93. The summed E-state index contributed by atoms with van der Waals surface area (Å²) in [6.07, 6.45) is 6.79. The van der Waals surface area contributed by atoms with Crippen LogP contribution in [0.15, 0.2) is 12.2 Å². The molecule has 1 fully saturated rings. The first kappa shape index (κ1) is 8.83. The van der Waals surface area contributed by atoms with Gasteiger partial charge in [0.05, 0.1) is 0 Å². The Hall–Kier alpha value is -0.260. The summed E-state index contributed by atoms with van der Waals surface area (Å²) in [6.45, 7) is 8.78. The van der Waals surface area contributed by atoms with E-state index in [9.17, 15) is 0 Å². The van der Waals surface area contributed by atoms with Crippen LogP contribution in [0, 0.1) is 11.8 Å². The number of allylic oxidation sites excluding steroid dienone is 1. The molecule has 1 aliphatic rings. The van der Waals surface area contributed by atoms with Crippen molar-refractivity contribution in [2.75, 3.05) is 0 Å². The van der Waals surface area contributed by atoms with Crippen LogP contribution in [0.1, 0.15) is 46.0 Å². The molecule has 0 spiro atoms. The number of rotatable bonds is 1. The molecule has 1 rings (SSSR count). The van der Waals surface area contributed by atoms with Gasteiger partial charge in [-0.1, -0.05) is 32.4 Å². The zero-order chi connectivity index (χ0) is 8.27. The normalized spacial score (nSPS) is 27.2. The summed E-state index contributed by atoms with van der Waals surface area (Å²) in [4.78, 5) is 0. The lowest BCUT2D eigenvalue weighted by Crippen LogP contribution is -2.07. The molecule has 0 bridgehead atoms. The van der Waals surface area contributed by atoms with E-state index < -0.39 is 0 Å². The van der Waals surface area contributed by atoms with E-state index in [2.05, 4.69) is 20.4 Å². The fraction of sp³-hybridized carbons (Fsp3) is 0.818. The topological polar surface area (TPSA) is 0 Å². The van der Waals surface area contributed by atoms with Gasteiger partial charge >= 0.3 is 0 Å². The molecule has 0 aromatic heterocycles. The minimum absolute atomic E-state index is 0.852. The van der Waals surface area contributed by atoms with E-state index in [1.54, 1.807) is 0 Å². The van der Waals surface area contributed by atoms with Crippen molar-refractivity contribution >= 4 is 0 Å². The SMILES string of the molecule is C=C1CCCCC(C(C)C)C1. The lowest BCUT2D eigenvalue weighted by atomic mass is 9.88. The molecule has 0 radical (unpaired) electrons. The van der Waals surface area contributed by atoms with Crippen LogP contribution in [0.4, 0.5) is 0 Å². The van der Waals surface area contributed by atoms with Gasteiger partial charge in [0.25, 0.3) is 0 Å². The Morgan fingerprint density at radius 1 is 1.36 bits per heavy atom. The van der Waals surface area contributed by atoms with Crippen LogP contribution in [0.3, 0.4) is 0 Å². The van der Waals surface area contributed by atoms with Gasteiger partial charge in [0.2, 0.25) is 0 Å². The van der Waals surface area contributed by atoms with Crippen LogP contribution in [0.5, 0.6) is 0 Å². The molecule has 0 heteroatoms. The molecule has 1 atom stereocenters. The first-order chi connectivity index (χ1) is 5.20. The van der Waals surface area contributed by atoms with Gasteiger partial charge in [-0.05, 0) is 37.5 Å². The fourth-order valence-corrected chi connectivity index (χ4v) is 1.93. The highest BCUT2D eigenvalue weighted by molar-refractivity contribution is 4.98. The van der Waals surface area contributed by atoms with E-state index >= 15 is 0 Å². The molecule has 1 saturated carbocycles. The van der Waals surface area contributed by atoms with Crippen molar-refractivity contribution in [3.05, 3.63) is 12.2 Å². The van der Waals surface area contributed by atoms with Crippen LogP contribution in [0.2, 0.25) is 0 Å². The van der Waals surface area contributed by atoms with E-state index in [1.165, 1.54) is 37.7 Å². The molecule has 0 amide bonds. The third kappa shape index (κ3) is 2.69. The summed E-state index contributed by atoms with van der Waals surface area (Å²) in [7, 11) is 0. The van der Waals surface area contributed by atoms with Gasteiger partial charge in [-0.25, -0.2) is 0 Å². The van der Waals surface area contributed by atoms with Gasteiger partial charge in [0, 0.05) is 0 Å². The second kappa shape index (κ2) is 3.94. The maximum absolute atomic E-state index is 4.11. The summed E-state index contributed by atoms with van der Waals surface area (Å²) in [5, 5.41) is 0. The Morgan fingerprint density at radius 2 is 2.09 bits per heavy atom. The van der Waals surface area contributed by atoms with Crippen LogP contribution in [-0.4, -0.2) is 0 Å². The predicted molar refractivity (Wildman–Crippen MR) is 50.6 cm³/mol. The molecular formula is C11H20. The van der Waals surface area contributed by atoms with Crippen molar-refractivity contribution in [1.82, 2.24) is 0 Å². The quantitative estimate of drug-likeness (QED) is 0.396. The molecule has 11 heavy (non-hydrogen) atoms. The Morgan fingerprint density at radius 3 is 2.73 bits per heavy atom. The van der Waals surface area contributed by atoms with Gasteiger partial charge in [0.1, 0.15) is 0 Å². The summed E-state index contributed by atoms with van der Waals surface area (Å²) >= 11 is 0. The molecule has 64 valence electrons. The van der Waals surface area contributed by atoms with Crippen LogP contribution < -0.4 is 0 Å². The highest BCUT2D eigenvalue weighted by atomic mass is 14.2. The molecule has 1 unspecified atom stereocenters. The predicted octanol–water partition coefficient (Wildman–Crippen LogP) is 3.78. The average Bonchev–Trinajstić information content (AvgIpc) is 2.13. The third-order valence-electron chi connectivity index (χ3n) is 2.85. The van der Waals surface area contributed by atoms with Gasteiger partial charge < -0.3 is 0 Å². The summed E-state index contributed by atoms with van der Waals surface area (Å²) in [6, 6.07) is 0. The van der Waals surface area contributed by atoms with Crippen molar-refractivity contribution in [3.8, 4) is 0 Å². The molecule has 0 heterocycles. The Balaban J connectivity index is 2.45. The molecule has 0 saturated heterocycles.